The number of nitrogens with zero attached hydrogens (tertiary/aromatic N) is 3. The lowest BCUT2D eigenvalue weighted by Crippen LogP contribution is -2.42. The fourth-order valence-electron chi connectivity index (χ4n) is 5.54. The Morgan fingerprint density at radius 2 is 1.89 bits per heavy atom. The Hall–Kier alpha value is -2.54. The second kappa shape index (κ2) is 12.1. The first kappa shape index (κ1) is 26.5. The Morgan fingerprint density at radius 3 is 2.56 bits per heavy atom. The van der Waals surface area contributed by atoms with Gasteiger partial charge in [0.05, 0.1) is 23.7 Å². The maximum Gasteiger partial charge on any atom is 0.332 e. The first-order valence-electron chi connectivity index (χ1n) is 13.5. The van der Waals surface area contributed by atoms with Gasteiger partial charge in [-0.25, -0.2) is 4.79 Å². The fraction of sp³-hybridized carbons (Fsp3) is 0.607. The molecule has 1 N–H and O–H groups in total. The summed E-state index contributed by atoms with van der Waals surface area (Å²) in [5, 5.41) is 4.17. The highest BCUT2D eigenvalue weighted by Crippen LogP contribution is 2.30. The van der Waals surface area contributed by atoms with Crippen LogP contribution < -0.4 is 21.3 Å². The number of aromatic nitrogens is 2. The van der Waals surface area contributed by atoms with Crippen molar-refractivity contribution in [2.45, 2.75) is 97.2 Å². The first-order chi connectivity index (χ1) is 17.5. The number of aliphatic imine (C=N–C) groups is 1. The number of benzene rings is 1. The van der Waals surface area contributed by atoms with E-state index in [0.717, 1.165) is 49.9 Å². The molecule has 1 aliphatic carbocycles. The zero-order chi connectivity index (χ0) is 25.7. The number of aryl methyl sites for hydroxylation is 1. The number of halogens is 1. The third-order valence-electron chi connectivity index (χ3n) is 7.55. The van der Waals surface area contributed by atoms with E-state index in [0.29, 0.717) is 47.7 Å². The summed E-state index contributed by atoms with van der Waals surface area (Å²) in [6, 6.07) is 6.23. The van der Waals surface area contributed by atoms with Gasteiger partial charge in [-0.15, -0.1) is 0 Å². The molecule has 1 aromatic heterocycles. The average molecular weight is 515 g/mol. The van der Waals surface area contributed by atoms with E-state index < -0.39 is 0 Å². The van der Waals surface area contributed by atoms with Crippen LogP contribution in [0.1, 0.15) is 76.3 Å². The summed E-state index contributed by atoms with van der Waals surface area (Å²) >= 11 is 6.37. The summed E-state index contributed by atoms with van der Waals surface area (Å²) in [6.07, 6.45) is 9.85. The van der Waals surface area contributed by atoms with Gasteiger partial charge in [-0.05, 0) is 69.6 Å². The third kappa shape index (κ3) is 5.72. The molecule has 0 radical (unpaired) electrons. The van der Waals surface area contributed by atoms with Gasteiger partial charge in [0.25, 0.3) is 5.56 Å². The minimum Gasteiger partial charge on any atom is -0.495 e. The molecule has 1 fully saturated rings. The normalized spacial score (nSPS) is 19.6. The molecule has 2 aliphatic rings. The van der Waals surface area contributed by atoms with Gasteiger partial charge in [-0.2, -0.15) is 0 Å². The molecule has 2 aromatic rings. The molecule has 1 aliphatic heterocycles. The van der Waals surface area contributed by atoms with E-state index in [-0.39, 0.29) is 17.2 Å². The minimum atomic E-state index is -0.237. The van der Waals surface area contributed by atoms with E-state index in [2.05, 4.69) is 18.3 Å². The van der Waals surface area contributed by atoms with E-state index in [1.54, 1.807) is 11.7 Å². The van der Waals surface area contributed by atoms with Gasteiger partial charge in [0.1, 0.15) is 17.4 Å². The molecule has 2 heterocycles. The maximum atomic E-state index is 13.3. The van der Waals surface area contributed by atoms with Crippen molar-refractivity contribution in [2.24, 2.45) is 10.9 Å². The highest BCUT2D eigenvalue weighted by Gasteiger charge is 2.28. The predicted molar refractivity (Wildman–Crippen MR) is 147 cm³/mol. The zero-order valence-electron chi connectivity index (χ0n) is 21.8. The van der Waals surface area contributed by atoms with Crippen molar-refractivity contribution in [3.05, 3.63) is 55.2 Å². The molecule has 8 heteroatoms. The predicted octanol–water partition coefficient (Wildman–Crippen LogP) is 5.44. The molecule has 1 saturated carbocycles. The molecule has 0 saturated heterocycles. The van der Waals surface area contributed by atoms with Crippen molar-refractivity contribution in [2.75, 3.05) is 12.4 Å². The van der Waals surface area contributed by atoms with Crippen LogP contribution in [0.4, 0.5) is 5.82 Å². The van der Waals surface area contributed by atoms with Crippen molar-refractivity contribution in [3.63, 3.8) is 0 Å². The quantitative estimate of drug-likeness (QED) is 0.508. The van der Waals surface area contributed by atoms with Crippen molar-refractivity contribution >= 4 is 23.3 Å². The van der Waals surface area contributed by atoms with E-state index in [1.807, 2.05) is 19.1 Å². The molecule has 7 nitrogen and oxygen atoms in total. The van der Waals surface area contributed by atoms with Gasteiger partial charge in [0, 0.05) is 19.0 Å². The van der Waals surface area contributed by atoms with Gasteiger partial charge >= 0.3 is 5.69 Å². The van der Waals surface area contributed by atoms with Crippen molar-refractivity contribution < 1.29 is 4.74 Å². The highest BCUT2D eigenvalue weighted by molar-refractivity contribution is 6.32. The van der Waals surface area contributed by atoms with Crippen LogP contribution >= 0.6 is 11.6 Å². The molecule has 36 heavy (non-hydrogen) atoms. The Kier molecular flexibility index (Phi) is 8.94. The van der Waals surface area contributed by atoms with Crippen LogP contribution in [-0.2, 0) is 25.9 Å². The molecule has 4 rings (SSSR count). The summed E-state index contributed by atoms with van der Waals surface area (Å²) < 4.78 is 8.42. The number of amidine groups is 1. The van der Waals surface area contributed by atoms with E-state index >= 15 is 0 Å². The van der Waals surface area contributed by atoms with Crippen LogP contribution in [-0.4, -0.2) is 28.1 Å². The van der Waals surface area contributed by atoms with Gasteiger partial charge in [0.15, 0.2) is 0 Å². The number of hydrogen-bond acceptors (Lipinski definition) is 4. The summed E-state index contributed by atoms with van der Waals surface area (Å²) in [7, 11) is 1.62. The molecule has 196 valence electrons. The van der Waals surface area contributed by atoms with Crippen LogP contribution in [0.2, 0.25) is 5.02 Å². The standard InChI is InChI=1S/C28H39ClN4O3/c1-4-17-33-26-22(27(34)32(5-2)28(33)35)15-14-20(25(31-26)30-21-9-7-6-8-10-21)13-11-19-12-16-24(36-3)23(29)18-19/h12,16,18,20-21H,4-11,13-15,17H2,1-3H3,(H,30,31). The smallest absolute Gasteiger partial charge is 0.332 e. The van der Waals surface area contributed by atoms with Crippen molar-refractivity contribution in [3.8, 4) is 5.75 Å². The second-order valence-electron chi connectivity index (χ2n) is 9.99. The Labute approximate surface area is 218 Å². The number of anilines is 1. The molecular weight excluding hydrogens is 476 g/mol. The largest absolute Gasteiger partial charge is 0.495 e. The van der Waals surface area contributed by atoms with Crippen LogP contribution in [0.15, 0.2) is 32.8 Å². The monoisotopic (exact) mass is 514 g/mol. The molecule has 1 aromatic carbocycles. The molecule has 1 unspecified atom stereocenters. The van der Waals surface area contributed by atoms with E-state index in [4.69, 9.17) is 21.3 Å². The summed E-state index contributed by atoms with van der Waals surface area (Å²) in [6.45, 7) is 4.85. The number of rotatable bonds is 8. The molecular formula is C28H39ClN4O3. The molecule has 0 spiro atoms. The lowest BCUT2D eigenvalue weighted by molar-refractivity contribution is 0.415. The van der Waals surface area contributed by atoms with Crippen LogP contribution in [0, 0.1) is 5.92 Å². The van der Waals surface area contributed by atoms with E-state index in [9.17, 15) is 9.59 Å². The Morgan fingerprint density at radius 1 is 1.11 bits per heavy atom. The van der Waals surface area contributed by atoms with Crippen molar-refractivity contribution in [1.82, 2.24) is 9.13 Å². The minimum absolute atomic E-state index is 0.167. The van der Waals surface area contributed by atoms with Crippen LogP contribution in [0.5, 0.6) is 5.75 Å². The molecule has 1 atom stereocenters. The van der Waals surface area contributed by atoms with Crippen LogP contribution in [0.3, 0.4) is 0 Å². The van der Waals surface area contributed by atoms with Gasteiger partial charge in [-0.1, -0.05) is 43.9 Å². The van der Waals surface area contributed by atoms with Gasteiger partial charge in [0.2, 0.25) is 0 Å². The van der Waals surface area contributed by atoms with E-state index in [1.165, 1.54) is 23.8 Å². The first-order valence-corrected chi connectivity index (χ1v) is 13.9. The fourth-order valence-corrected chi connectivity index (χ4v) is 5.82. The van der Waals surface area contributed by atoms with Gasteiger partial charge in [-0.3, -0.25) is 18.9 Å². The second-order valence-corrected chi connectivity index (χ2v) is 10.4. The zero-order valence-corrected chi connectivity index (χ0v) is 22.6. The molecule has 0 bridgehead atoms. The Balaban J connectivity index is 1.69. The van der Waals surface area contributed by atoms with Crippen molar-refractivity contribution in [1.29, 1.82) is 0 Å². The molecule has 0 amide bonds. The topological polar surface area (TPSA) is 77.6 Å². The van der Waals surface area contributed by atoms with Gasteiger partial charge < -0.3 is 10.1 Å². The number of ether oxygens (including phenoxy) is 1. The van der Waals surface area contributed by atoms with Crippen LogP contribution in [0.25, 0.3) is 0 Å². The maximum absolute atomic E-state index is 13.3. The lowest BCUT2D eigenvalue weighted by atomic mass is 9.92. The summed E-state index contributed by atoms with van der Waals surface area (Å²) in [5.74, 6) is 2.42. The number of fused-ring (bicyclic) bond motifs is 1. The number of hydrogen-bond donors (Lipinski definition) is 1. The summed E-state index contributed by atoms with van der Waals surface area (Å²) in [5.41, 5.74) is 1.45. The third-order valence-corrected chi connectivity index (χ3v) is 7.85. The number of methoxy groups -OCH3 is 1. The SMILES string of the molecule is CCCn1c2c(c(=O)n(CC)c1=O)CCC(CCc1ccc(OC)c(Cl)c1)C(=NC1CCCCC1)N2. The highest BCUT2D eigenvalue weighted by atomic mass is 35.5. The summed E-state index contributed by atoms with van der Waals surface area (Å²) in [4.78, 5) is 31.7. The number of nitrogens with one attached hydrogen (secondary N) is 1. The Bertz CT molecular complexity index is 1210. The average Bonchev–Trinajstić information content (AvgIpc) is 3.06. The lowest BCUT2D eigenvalue weighted by Gasteiger charge is -2.24.